The van der Waals surface area contributed by atoms with E-state index < -0.39 is 11.7 Å². The number of fused-ring (bicyclic) bond motifs is 1. The zero-order chi connectivity index (χ0) is 19.6. The molecule has 0 radical (unpaired) electrons. The van der Waals surface area contributed by atoms with Crippen molar-refractivity contribution in [3.05, 3.63) is 35.5 Å². The minimum Gasteiger partial charge on any atom is -0.369 e. The number of hydrogen-bond acceptors (Lipinski definition) is 5. The van der Waals surface area contributed by atoms with Crippen LogP contribution in [0, 0.1) is 5.92 Å². The lowest BCUT2D eigenvalue weighted by atomic mass is 10.1. The van der Waals surface area contributed by atoms with Gasteiger partial charge in [0.2, 0.25) is 11.9 Å². The van der Waals surface area contributed by atoms with Crippen molar-refractivity contribution in [2.75, 3.05) is 22.5 Å². The van der Waals surface area contributed by atoms with Gasteiger partial charge in [0.15, 0.2) is 0 Å². The molecule has 0 aliphatic carbocycles. The van der Waals surface area contributed by atoms with E-state index in [4.69, 9.17) is 0 Å². The summed E-state index contributed by atoms with van der Waals surface area (Å²) in [7, 11) is 0. The fraction of sp³-hybridized carbons (Fsp3) is 0.389. The Balaban J connectivity index is 1.83. The van der Waals surface area contributed by atoms with E-state index in [0.29, 0.717) is 12.2 Å². The number of benzene rings is 1. The Kier molecular flexibility index (Phi) is 5.20. The number of aromatic nitrogens is 2. The summed E-state index contributed by atoms with van der Waals surface area (Å²) in [6.45, 7) is 4.29. The second kappa shape index (κ2) is 7.42. The highest BCUT2D eigenvalue weighted by molar-refractivity contribution is 5.99. The highest BCUT2D eigenvalue weighted by Gasteiger charge is 2.35. The van der Waals surface area contributed by atoms with Crippen LogP contribution >= 0.6 is 0 Å². The molecule has 144 valence electrons. The normalized spacial score (nSPS) is 14.5. The van der Waals surface area contributed by atoms with Gasteiger partial charge in [-0.05, 0) is 29.7 Å². The number of rotatable bonds is 6. The van der Waals surface area contributed by atoms with Gasteiger partial charge in [0.1, 0.15) is 11.4 Å². The molecule has 6 nitrogen and oxygen atoms in total. The van der Waals surface area contributed by atoms with Gasteiger partial charge in [-0.15, -0.1) is 0 Å². The summed E-state index contributed by atoms with van der Waals surface area (Å²) in [4.78, 5) is 19.2. The van der Waals surface area contributed by atoms with E-state index in [1.165, 1.54) is 0 Å². The molecule has 2 aromatic rings. The number of halogens is 3. The van der Waals surface area contributed by atoms with Crippen LogP contribution < -0.4 is 16.0 Å². The van der Waals surface area contributed by atoms with Crippen LogP contribution in [-0.4, -0.2) is 22.4 Å². The molecular formula is C18H20F3N5O. The molecular weight excluding hydrogens is 359 g/mol. The first-order valence-corrected chi connectivity index (χ1v) is 8.64. The molecule has 1 aliphatic heterocycles. The van der Waals surface area contributed by atoms with E-state index in [2.05, 4.69) is 25.9 Å². The second-order valence-electron chi connectivity index (χ2n) is 6.57. The number of carbonyl (C=O) groups is 1. The smallest absolute Gasteiger partial charge is 0.369 e. The first-order chi connectivity index (χ1) is 12.8. The lowest BCUT2D eigenvalue weighted by Gasteiger charge is -2.16. The number of anilines is 4. The lowest BCUT2D eigenvalue weighted by Crippen LogP contribution is -2.17. The number of nitrogens with zero attached hydrogens (tertiary/aromatic N) is 2. The maximum absolute atomic E-state index is 13.2. The van der Waals surface area contributed by atoms with Crippen molar-refractivity contribution in [1.29, 1.82) is 0 Å². The van der Waals surface area contributed by atoms with Gasteiger partial charge in [0, 0.05) is 24.1 Å². The Bertz CT molecular complexity index is 853. The van der Waals surface area contributed by atoms with Gasteiger partial charge in [-0.1, -0.05) is 20.3 Å². The third-order valence-electron chi connectivity index (χ3n) is 4.40. The van der Waals surface area contributed by atoms with Gasteiger partial charge >= 0.3 is 6.18 Å². The van der Waals surface area contributed by atoms with Crippen LogP contribution in [0.5, 0.6) is 0 Å². The van der Waals surface area contributed by atoms with Crippen LogP contribution in [0.2, 0.25) is 0 Å². The summed E-state index contributed by atoms with van der Waals surface area (Å²) >= 11 is 0. The topological polar surface area (TPSA) is 78.9 Å². The Morgan fingerprint density at radius 2 is 2.11 bits per heavy atom. The van der Waals surface area contributed by atoms with Crippen molar-refractivity contribution < 1.29 is 18.0 Å². The quantitative estimate of drug-likeness (QED) is 0.701. The predicted molar refractivity (Wildman–Crippen MR) is 97.0 cm³/mol. The van der Waals surface area contributed by atoms with Gasteiger partial charge in [0.05, 0.1) is 6.42 Å². The van der Waals surface area contributed by atoms with E-state index in [0.717, 1.165) is 23.9 Å². The minimum atomic E-state index is -4.55. The van der Waals surface area contributed by atoms with E-state index in [1.807, 2.05) is 13.8 Å². The standard InChI is InChI=1S/C18H20F3N5O/c1-3-10(2)8-22-16-13(18(19,20)21)9-23-17(26-16)24-12-4-5-14-11(6-12)7-15(27)25-14/h4-6,9-10H,3,7-8H2,1-2H3,(H,25,27)(H2,22,23,24,26). The molecule has 27 heavy (non-hydrogen) atoms. The minimum absolute atomic E-state index is 0.0480. The van der Waals surface area contributed by atoms with E-state index in [9.17, 15) is 18.0 Å². The van der Waals surface area contributed by atoms with Crippen molar-refractivity contribution in [2.24, 2.45) is 5.92 Å². The van der Waals surface area contributed by atoms with Gasteiger partial charge in [-0.2, -0.15) is 18.2 Å². The van der Waals surface area contributed by atoms with Crippen LogP contribution in [0.4, 0.5) is 36.3 Å². The van der Waals surface area contributed by atoms with Crippen molar-refractivity contribution in [1.82, 2.24) is 9.97 Å². The fourth-order valence-electron chi connectivity index (χ4n) is 2.64. The molecule has 3 rings (SSSR count). The lowest BCUT2D eigenvalue weighted by molar-refractivity contribution is -0.137. The second-order valence-corrected chi connectivity index (χ2v) is 6.57. The summed E-state index contributed by atoms with van der Waals surface area (Å²) in [5.41, 5.74) is 1.24. The maximum Gasteiger partial charge on any atom is 0.421 e. The molecule has 0 bridgehead atoms. The molecule has 1 aromatic carbocycles. The van der Waals surface area contributed by atoms with Gasteiger partial charge in [-0.3, -0.25) is 4.79 Å². The molecule has 1 aliphatic rings. The number of hydrogen-bond donors (Lipinski definition) is 3. The maximum atomic E-state index is 13.2. The molecule has 1 aromatic heterocycles. The molecule has 0 spiro atoms. The third kappa shape index (κ3) is 4.47. The van der Waals surface area contributed by atoms with Crippen LogP contribution in [0.1, 0.15) is 31.4 Å². The van der Waals surface area contributed by atoms with Crippen LogP contribution in [0.3, 0.4) is 0 Å². The Labute approximate surface area is 154 Å². The van der Waals surface area contributed by atoms with Crippen molar-refractivity contribution in [2.45, 2.75) is 32.9 Å². The SMILES string of the molecule is CCC(C)CNc1nc(Nc2ccc3c(c2)CC(=O)N3)ncc1C(F)(F)F. The molecule has 9 heteroatoms. The average Bonchev–Trinajstić information content (AvgIpc) is 2.98. The zero-order valence-electron chi connectivity index (χ0n) is 14.9. The third-order valence-corrected chi connectivity index (χ3v) is 4.40. The first-order valence-electron chi connectivity index (χ1n) is 8.64. The molecule has 0 saturated carbocycles. The molecule has 2 heterocycles. The summed E-state index contributed by atoms with van der Waals surface area (Å²) < 4.78 is 39.7. The van der Waals surface area contributed by atoms with Crippen LogP contribution in [0.25, 0.3) is 0 Å². The van der Waals surface area contributed by atoms with E-state index >= 15 is 0 Å². The largest absolute Gasteiger partial charge is 0.421 e. The van der Waals surface area contributed by atoms with Crippen molar-refractivity contribution >= 4 is 29.0 Å². The Morgan fingerprint density at radius 1 is 1.33 bits per heavy atom. The monoisotopic (exact) mass is 379 g/mol. The Morgan fingerprint density at radius 3 is 2.81 bits per heavy atom. The summed E-state index contributed by atoms with van der Waals surface area (Å²) in [6, 6.07) is 5.19. The summed E-state index contributed by atoms with van der Waals surface area (Å²) in [5, 5.41) is 8.40. The number of alkyl halides is 3. The number of amides is 1. The van der Waals surface area contributed by atoms with Crippen LogP contribution in [0.15, 0.2) is 24.4 Å². The molecule has 0 fully saturated rings. The molecule has 1 unspecified atom stereocenters. The molecule has 0 saturated heterocycles. The fourth-order valence-corrected chi connectivity index (χ4v) is 2.64. The predicted octanol–water partition coefficient (Wildman–Crippen LogP) is 4.19. The van der Waals surface area contributed by atoms with Crippen molar-refractivity contribution in [3.63, 3.8) is 0 Å². The Hall–Kier alpha value is -2.84. The molecule has 1 atom stereocenters. The summed E-state index contributed by atoms with van der Waals surface area (Å²) in [5.74, 6) is -0.0890. The highest BCUT2D eigenvalue weighted by atomic mass is 19.4. The van der Waals surface area contributed by atoms with Gasteiger partial charge in [-0.25, -0.2) is 4.98 Å². The van der Waals surface area contributed by atoms with E-state index in [-0.39, 0.29) is 30.0 Å². The zero-order valence-corrected chi connectivity index (χ0v) is 14.9. The van der Waals surface area contributed by atoms with E-state index in [1.54, 1.807) is 18.2 Å². The van der Waals surface area contributed by atoms with Gasteiger partial charge < -0.3 is 16.0 Å². The van der Waals surface area contributed by atoms with Crippen molar-refractivity contribution in [3.8, 4) is 0 Å². The number of carbonyl (C=O) groups excluding carboxylic acids is 1. The highest BCUT2D eigenvalue weighted by Crippen LogP contribution is 2.34. The molecule has 3 N–H and O–H groups in total. The average molecular weight is 379 g/mol. The summed E-state index contributed by atoms with van der Waals surface area (Å²) in [6.07, 6.45) is -2.67. The first kappa shape index (κ1) is 18.9. The van der Waals surface area contributed by atoms with Crippen LogP contribution in [-0.2, 0) is 17.4 Å². The molecule has 1 amide bonds. The van der Waals surface area contributed by atoms with Gasteiger partial charge in [0.25, 0.3) is 0 Å². The number of nitrogens with one attached hydrogen (secondary N) is 3.